The van der Waals surface area contributed by atoms with Gasteiger partial charge in [0.25, 0.3) is 0 Å². The van der Waals surface area contributed by atoms with E-state index in [0.717, 1.165) is 50.8 Å². The topological polar surface area (TPSA) is 64.9 Å². The number of carbonyl (C=O) groups is 1. The predicted molar refractivity (Wildman–Crippen MR) is 150 cm³/mol. The van der Waals surface area contributed by atoms with Gasteiger partial charge in [-0.25, -0.2) is 4.98 Å². The first-order valence-electron chi connectivity index (χ1n) is 12.8. The predicted octanol–water partition coefficient (Wildman–Crippen LogP) is 6.32. The Bertz CT molecular complexity index is 1540. The Morgan fingerprint density at radius 1 is 0.868 bits per heavy atom. The molecule has 2 aromatic heterocycles. The first-order chi connectivity index (χ1) is 18.6. The van der Waals surface area contributed by atoms with Gasteiger partial charge in [0.15, 0.2) is 0 Å². The summed E-state index contributed by atoms with van der Waals surface area (Å²) in [5.41, 5.74) is 6.78. The zero-order valence-corrected chi connectivity index (χ0v) is 21.7. The monoisotopic (exact) mass is 505 g/mol. The van der Waals surface area contributed by atoms with Crippen LogP contribution in [0, 0.1) is 0 Å². The summed E-state index contributed by atoms with van der Waals surface area (Å²) in [4.78, 5) is 17.8. The highest BCUT2D eigenvalue weighted by Gasteiger charge is 2.17. The quantitative estimate of drug-likeness (QED) is 0.241. The number of methoxy groups -OCH3 is 1. The van der Waals surface area contributed by atoms with Gasteiger partial charge in [-0.1, -0.05) is 54.6 Å². The minimum Gasteiger partial charge on any atom is -0.497 e. The average molecular weight is 506 g/mol. The second-order valence-corrected chi connectivity index (χ2v) is 9.01. The van der Waals surface area contributed by atoms with Gasteiger partial charge in [-0.15, -0.1) is 0 Å². The number of nitrogens with one attached hydrogen (secondary N) is 1. The zero-order valence-electron chi connectivity index (χ0n) is 21.7. The molecule has 0 bridgehead atoms. The van der Waals surface area contributed by atoms with E-state index < -0.39 is 0 Å². The number of hydrogen-bond acceptors (Lipinski definition) is 4. The lowest BCUT2D eigenvalue weighted by atomic mass is 10.1. The van der Waals surface area contributed by atoms with Crippen molar-refractivity contribution >= 4 is 11.6 Å². The zero-order chi connectivity index (χ0) is 26.3. The SMILES string of the molecule is CCOc1cccc(-c2ccc3nc(-c4cccc(OC)c4)c(CCC(=O)NCc4ccccc4)n3c2)c1. The molecule has 1 amide bonds. The number of benzene rings is 3. The van der Waals surface area contributed by atoms with E-state index in [1.807, 2.05) is 85.8 Å². The minimum absolute atomic E-state index is 0.000894. The van der Waals surface area contributed by atoms with E-state index in [-0.39, 0.29) is 5.91 Å². The molecule has 6 nitrogen and oxygen atoms in total. The van der Waals surface area contributed by atoms with Gasteiger partial charge in [-0.2, -0.15) is 0 Å². The van der Waals surface area contributed by atoms with Crippen LogP contribution < -0.4 is 14.8 Å². The van der Waals surface area contributed by atoms with Gasteiger partial charge in [0.1, 0.15) is 17.1 Å². The number of aromatic nitrogens is 2. The van der Waals surface area contributed by atoms with Gasteiger partial charge >= 0.3 is 0 Å². The van der Waals surface area contributed by atoms with Crippen molar-refractivity contribution in [1.82, 2.24) is 14.7 Å². The van der Waals surface area contributed by atoms with Crippen LogP contribution in [0.2, 0.25) is 0 Å². The van der Waals surface area contributed by atoms with Gasteiger partial charge < -0.3 is 19.2 Å². The third-order valence-electron chi connectivity index (χ3n) is 6.46. The molecule has 192 valence electrons. The van der Waals surface area contributed by atoms with Crippen molar-refractivity contribution in [3.63, 3.8) is 0 Å². The van der Waals surface area contributed by atoms with E-state index in [9.17, 15) is 4.79 Å². The second kappa shape index (κ2) is 11.6. The maximum atomic E-state index is 12.8. The molecule has 0 aliphatic carbocycles. The summed E-state index contributed by atoms with van der Waals surface area (Å²) in [5.74, 6) is 1.60. The molecule has 0 saturated carbocycles. The standard InChI is InChI=1S/C32H31N3O3/c1-3-38-28-14-7-11-24(19-28)26-15-17-30-34-32(25-12-8-13-27(20-25)37-2)29(35(30)22-26)16-18-31(36)33-21-23-9-5-4-6-10-23/h4-15,17,19-20,22H,3,16,18,21H2,1-2H3,(H,33,36). The van der Waals surface area contributed by atoms with Crippen LogP contribution in [0.3, 0.4) is 0 Å². The fourth-order valence-corrected chi connectivity index (χ4v) is 4.55. The number of aryl methyl sites for hydroxylation is 1. The Hall–Kier alpha value is -4.58. The van der Waals surface area contributed by atoms with Gasteiger partial charge in [0, 0.05) is 24.7 Å². The number of nitrogens with zero attached hydrogens (tertiary/aromatic N) is 2. The molecule has 0 saturated heterocycles. The molecule has 5 aromatic rings. The molecule has 0 aliphatic heterocycles. The highest BCUT2D eigenvalue weighted by molar-refractivity contribution is 5.77. The van der Waals surface area contributed by atoms with Crippen LogP contribution in [0.25, 0.3) is 28.0 Å². The van der Waals surface area contributed by atoms with Crippen LogP contribution in [-0.4, -0.2) is 29.0 Å². The lowest BCUT2D eigenvalue weighted by Crippen LogP contribution is -2.23. The van der Waals surface area contributed by atoms with Crippen molar-refractivity contribution in [3.05, 3.63) is 108 Å². The maximum absolute atomic E-state index is 12.8. The van der Waals surface area contributed by atoms with Crippen molar-refractivity contribution in [3.8, 4) is 33.9 Å². The van der Waals surface area contributed by atoms with E-state index in [0.29, 0.717) is 26.0 Å². The highest BCUT2D eigenvalue weighted by atomic mass is 16.5. The van der Waals surface area contributed by atoms with Gasteiger partial charge in [-0.05, 0) is 66.4 Å². The van der Waals surface area contributed by atoms with Crippen molar-refractivity contribution in [2.24, 2.45) is 0 Å². The Morgan fingerprint density at radius 3 is 2.42 bits per heavy atom. The largest absolute Gasteiger partial charge is 0.497 e. The number of ether oxygens (including phenoxy) is 2. The summed E-state index contributed by atoms with van der Waals surface area (Å²) < 4.78 is 13.3. The van der Waals surface area contributed by atoms with Crippen molar-refractivity contribution in [1.29, 1.82) is 0 Å². The molecular formula is C32H31N3O3. The number of hydrogen-bond donors (Lipinski definition) is 1. The van der Waals surface area contributed by atoms with Crippen molar-refractivity contribution < 1.29 is 14.3 Å². The Kier molecular flexibility index (Phi) is 7.69. The van der Waals surface area contributed by atoms with Crippen molar-refractivity contribution in [2.45, 2.75) is 26.3 Å². The molecule has 5 rings (SSSR count). The summed E-state index contributed by atoms with van der Waals surface area (Å²) in [6.45, 7) is 3.10. The van der Waals surface area contributed by atoms with Crippen LogP contribution in [-0.2, 0) is 17.8 Å². The first-order valence-corrected chi connectivity index (χ1v) is 12.8. The summed E-state index contributed by atoms with van der Waals surface area (Å²) in [6.07, 6.45) is 2.98. The Balaban J connectivity index is 1.48. The summed E-state index contributed by atoms with van der Waals surface area (Å²) in [6, 6.07) is 30.0. The molecule has 0 spiro atoms. The van der Waals surface area contributed by atoms with Crippen LogP contribution >= 0.6 is 0 Å². The molecule has 1 N–H and O–H groups in total. The molecule has 0 aliphatic rings. The molecule has 0 atom stereocenters. The van der Waals surface area contributed by atoms with Crippen LogP contribution in [0.15, 0.2) is 97.2 Å². The molecule has 0 unspecified atom stereocenters. The Morgan fingerprint density at radius 2 is 1.63 bits per heavy atom. The average Bonchev–Trinajstić information content (AvgIpc) is 3.33. The first kappa shape index (κ1) is 25.1. The van der Waals surface area contributed by atoms with Crippen LogP contribution in [0.4, 0.5) is 0 Å². The molecule has 6 heteroatoms. The van der Waals surface area contributed by atoms with Crippen molar-refractivity contribution in [2.75, 3.05) is 13.7 Å². The maximum Gasteiger partial charge on any atom is 0.220 e. The lowest BCUT2D eigenvalue weighted by Gasteiger charge is -2.10. The van der Waals surface area contributed by atoms with Gasteiger partial charge in [0.05, 0.1) is 25.1 Å². The van der Waals surface area contributed by atoms with Crippen LogP contribution in [0.1, 0.15) is 24.6 Å². The summed E-state index contributed by atoms with van der Waals surface area (Å²) >= 11 is 0. The van der Waals surface area contributed by atoms with E-state index in [1.165, 1.54) is 0 Å². The lowest BCUT2D eigenvalue weighted by molar-refractivity contribution is -0.121. The molecule has 0 fully saturated rings. The van der Waals surface area contributed by atoms with E-state index in [1.54, 1.807) is 7.11 Å². The molecule has 0 radical (unpaired) electrons. The third kappa shape index (κ3) is 5.70. The smallest absolute Gasteiger partial charge is 0.220 e. The summed E-state index contributed by atoms with van der Waals surface area (Å²) in [7, 11) is 1.66. The van der Waals surface area contributed by atoms with Gasteiger partial charge in [-0.3, -0.25) is 4.79 Å². The fraction of sp³-hybridized carbons (Fsp3) is 0.188. The normalized spacial score (nSPS) is 10.9. The molecule has 3 aromatic carbocycles. The highest BCUT2D eigenvalue weighted by Crippen LogP contribution is 2.31. The number of fused-ring (bicyclic) bond motifs is 1. The number of amides is 1. The minimum atomic E-state index is 0.000894. The Labute approximate surface area is 222 Å². The molecule has 2 heterocycles. The van der Waals surface area contributed by atoms with E-state index >= 15 is 0 Å². The summed E-state index contributed by atoms with van der Waals surface area (Å²) in [5, 5.41) is 3.04. The molecular weight excluding hydrogens is 474 g/mol. The number of pyridine rings is 1. The van der Waals surface area contributed by atoms with E-state index in [4.69, 9.17) is 14.5 Å². The number of rotatable bonds is 10. The molecule has 38 heavy (non-hydrogen) atoms. The fourth-order valence-electron chi connectivity index (χ4n) is 4.55. The third-order valence-corrected chi connectivity index (χ3v) is 6.46. The van der Waals surface area contributed by atoms with Gasteiger partial charge in [0.2, 0.25) is 5.91 Å². The van der Waals surface area contributed by atoms with E-state index in [2.05, 4.69) is 28.0 Å². The van der Waals surface area contributed by atoms with Crippen LogP contribution in [0.5, 0.6) is 11.5 Å². The second-order valence-electron chi connectivity index (χ2n) is 9.01. The number of carbonyl (C=O) groups excluding carboxylic acids is 1. The number of imidazole rings is 1.